The second-order valence-electron chi connectivity index (χ2n) is 14.0. The third-order valence-corrected chi connectivity index (χ3v) is 20.8. The van der Waals surface area contributed by atoms with E-state index in [2.05, 4.69) is 66.7 Å². The Bertz CT molecular complexity index is 3270. The van der Waals surface area contributed by atoms with E-state index >= 15 is 0 Å². The molecule has 3 heterocycles. The summed E-state index contributed by atoms with van der Waals surface area (Å²) in [5.41, 5.74) is 2.74. The molecule has 2 aliphatic heterocycles. The van der Waals surface area contributed by atoms with Gasteiger partial charge < -0.3 is 0 Å². The van der Waals surface area contributed by atoms with Crippen LogP contribution in [0, 0.1) is 13.8 Å². The van der Waals surface area contributed by atoms with E-state index in [4.69, 9.17) is 24.8 Å². The van der Waals surface area contributed by atoms with Gasteiger partial charge in [0, 0.05) is 15.2 Å². The van der Waals surface area contributed by atoms with Crippen LogP contribution in [0.15, 0.2) is 200 Å². The van der Waals surface area contributed by atoms with Crippen molar-refractivity contribution in [2.75, 3.05) is 16.5 Å². The Morgan fingerprint density at radius 2 is 1.21 bits per heavy atom. The quantitative estimate of drug-likeness (QED) is 0.143. The van der Waals surface area contributed by atoms with Gasteiger partial charge in [-0.15, -0.1) is 0 Å². The van der Waals surface area contributed by atoms with E-state index in [1.807, 2.05) is 65.8 Å². The first kappa shape index (κ1) is 24.8. The Labute approximate surface area is 352 Å². The van der Waals surface area contributed by atoms with Crippen LogP contribution in [-0.2, 0) is 0 Å². The maximum Gasteiger partial charge on any atom is 0.0629 e. The fraction of sp³-hybridized carbons (Fsp3) is 0.0577. The maximum absolute atomic E-state index is 9.04. The van der Waals surface area contributed by atoms with Crippen molar-refractivity contribution >= 4 is 42.2 Å². The molecule has 274 valence electrons. The molecule has 4 nitrogen and oxygen atoms in total. The minimum Gasteiger partial charge on any atom is -0.0587 e. The molecule has 0 radical (unpaired) electrons. The summed E-state index contributed by atoms with van der Waals surface area (Å²) in [6, 6.07) is 40.8. The number of anilines is 2. The van der Waals surface area contributed by atoms with Crippen molar-refractivity contribution in [3.8, 4) is 45.0 Å². The van der Waals surface area contributed by atoms with Gasteiger partial charge in [0.1, 0.15) is 0 Å². The summed E-state index contributed by atoms with van der Waals surface area (Å²) in [5, 5.41) is 0. The van der Waals surface area contributed by atoms with Crippen molar-refractivity contribution in [1.82, 2.24) is 4.98 Å². The van der Waals surface area contributed by atoms with E-state index in [9.17, 15) is 0 Å². The van der Waals surface area contributed by atoms with Gasteiger partial charge in [-0.2, -0.15) is 0 Å². The Hall–Kier alpha value is -6.63. The van der Waals surface area contributed by atoms with Crippen LogP contribution in [0.2, 0.25) is 0 Å². The zero-order chi connectivity index (χ0) is 47.8. The molecule has 10 rings (SSSR count). The molecule has 1 aromatic heterocycles. The summed E-state index contributed by atoms with van der Waals surface area (Å²) in [4.78, 5) is 8.67. The fourth-order valence-electron chi connectivity index (χ4n) is 8.15. The number of para-hydroxylation sites is 1. The predicted molar refractivity (Wildman–Crippen MR) is 239 cm³/mol. The summed E-state index contributed by atoms with van der Waals surface area (Å²) >= 11 is -3.47. The molecular formula is C52H41GeN3O. The molecule has 0 fully saturated rings. The van der Waals surface area contributed by atoms with E-state index in [0.717, 1.165) is 16.9 Å². The van der Waals surface area contributed by atoms with Crippen molar-refractivity contribution in [3.05, 3.63) is 212 Å². The second kappa shape index (κ2) is 14.5. The number of hydrogen-bond donors (Lipinski definition) is 0. The van der Waals surface area contributed by atoms with Crippen molar-refractivity contribution < 1.29 is 19.8 Å². The molecule has 0 unspecified atom stereocenters. The number of nitrogens with zero attached hydrogens (tertiary/aromatic N) is 3. The van der Waals surface area contributed by atoms with Crippen LogP contribution in [0.4, 0.5) is 11.4 Å². The minimum absolute atomic E-state index is 0.0142. The topological polar surface area (TPSA) is 28.6 Å². The molecule has 0 amide bonds. The smallest absolute Gasteiger partial charge is 0.0587 e. The summed E-state index contributed by atoms with van der Waals surface area (Å²) in [7, 11) is 0. The summed E-state index contributed by atoms with van der Waals surface area (Å²) in [6.45, 7) is -1.27. The number of benzene rings is 7. The zero-order valence-corrected chi connectivity index (χ0v) is 33.0. The van der Waals surface area contributed by atoms with E-state index in [-0.39, 0.29) is 64.3 Å². The first-order valence-corrected chi connectivity index (χ1v) is 22.8. The third kappa shape index (κ3) is 6.14. The number of aromatic nitrogens is 1. The Balaban J connectivity index is 1.03. The van der Waals surface area contributed by atoms with Gasteiger partial charge in [0.2, 0.25) is 0 Å². The predicted octanol–water partition coefficient (Wildman–Crippen LogP) is 9.94. The standard InChI is InChI=1S/C52H41GeN3O/c1-37-21-25-39(26-22-37)46-18-10-19-47(40-27-23-38(2)24-28-40)52(46)56-33-32-55(36-56)43-16-9-17-44(34-43)57-45-29-30-49-48(35-45)51-50(20-11-31-54-51)53(49,41-12-5-3-6-13-41)42-14-7-4-8-15-42/h3-35H,36H2,1-2H3/i1D3,21D,22D,23D,24D,25D,26D,27D,28D. The maximum atomic E-state index is 9.04. The Morgan fingerprint density at radius 1 is 0.579 bits per heavy atom. The molecule has 0 saturated carbocycles. The van der Waals surface area contributed by atoms with Gasteiger partial charge in [0.05, 0.1) is 11.0 Å². The average Bonchev–Trinajstić information content (AvgIpc) is 3.95. The Morgan fingerprint density at radius 3 is 1.89 bits per heavy atom. The number of fused-ring (bicyclic) bond motifs is 3. The molecule has 0 N–H and O–H groups in total. The number of ether oxygens (including phenoxy) is 1. The second-order valence-corrected chi connectivity index (χ2v) is 21.8. The summed E-state index contributed by atoms with van der Waals surface area (Å²) in [5.74, 6) is 1.20. The molecule has 57 heavy (non-hydrogen) atoms. The molecule has 7 aromatic carbocycles. The van der Waals surface area contributed by atoms with Crippen LogP contribution in [-0.4, -0.2) is 24.9 Å². The SMILES string of the molecule is [2H]c1c([2H])c(-c2cccc(-c3c([2H])c([2H])c(C([2H])([2H])[2H])c([2H])c3[2H])c2N2C=CN(c3cccc(Oc4cc[c]5c(c4)-c4nccc[c]4[Ge]5([c]4ccccc4)[c]4ccccc4)c3)C2)c([2H])c([2H])c1C. The number of hydrogen-bond acceptors (Lipinski definition) is 4. The van der Waals surface area contributed by atoms with Gasteiger partial charge in [-0.1, -0.05) is 77.7 Å². The average molecular weight is 808 g/mol. The van der Waals surface area contributed by atoms with E-state index in [1.165, 1.54) is 24.5 Å². The minimum atomic E-state index is -3.47. The molecule has 0 aliphatic carbocycles. The van der Waals surface area contributed by atoms with Gasteiger partial charge >= 0.3 is 225 Å². The number of pyridine rings is 1. The van der Waals surface area contributed by atoms with E-state index in [0.29, 0.717) is 11.5 Å². The van der Waals surface area contributed by atoms with Crippen molar-refractivity contribution in [2.45, 2.75) is 13.8 Å². The van der Waals surface area contributed by atoms with Gasteiger partial charge in [-0.25, -0.2) is 0 Å². The first-order valence-electron chi connectivity index (χ1n) is 24.1. The van der Waals surface area contributed by atoms with Gasteiger partial charge in [-0.3, -0.25) is 0 Å². The molecule has 0 saturated heterocycles. The van der Waals surface area contributed by atoms with Crippen molar-refractivity contribution in [1.29, 1.82) is 0 Å². The van der Waals surface area contributed by atoms with Crippen LogP contribution in [0.1, 0.15) is 26.2 Å². The normalized spacial score (nSPS) is 16.7. The largest absolute Gasteiger partial charge is 0.0629 e. The molecule has 2 aliphatic rings. The fourth-order valence-corrected chi connectivity index (χ4v) is 18.8. The van der Waals surface area contributed by atoms with E-state index in [1.54, 1.807) is 29.3 Å². The first-order chi connectivity index (χ1) is 32.6. The molecular weight excluding hydrogens is 755 g/mol. The molecule has 5 heteroatoms. The molecule has 8 aromatic rings. The van der Waals surface area contributed by atoms with Gasteiger partial charge in [-0.05, 0) is 24.9 Å². The third-order valence-electron chi connectivity index (χ3n) is 10.6. The summed E-state index contributed by atoms with van der Waals surface area (Å²) in [6.07, 6.45) is 5.40. The Kier molecular flexibility index (Phi) is 6.29. The van der Waals surface area contributed by atoms with Crippen molar-refractivity contribution in [3.63, 3.8) is 0 Å². The van der Waals surface area contributed by atoms with Crippen LogP contribution in [0.3, 0.4) is 0 Å². The van der Waals surface area contributed by atoms with Crippen LogP contribution >= 0.6 is 0 Å². The van der Waals surface area contributed by atoms with Crippen LogP contribution in [0.5, 0.6) is 11.5 Å². The van der Waals surface area contributed by atoms with Crippen molar-refractivity contribution in [2.24, 2.45) is 0 Å². The summed E-state index contributed by atoms with van der Waals surface area (Å²) < 4.78 is 107. The van der Waals surface area contributed by atoms with Crippen LogP contribution < -0.4 is 32.1 Å². The van der Waals surface area contributed by atoms with E-state index < -0.39 is 49.9 Å². The zero-order valence-electron chi connectivity index (χ0n) is 41.9. The molecule has 0 atom stereocenters. The number of rotatable bonds is 8. The monoisotopic (exact) mass is 808 g/mol. The van der Waals surface area contributed by atoms with Gasteiger partial charge in [0.25, 0.3) is 0 Å². The molecule has 0 bridgehead atoms. The van der Waals surface area contributed by atoms with Gasteiger partial charge in [0.15, 0.2) is 0 Å². The molecule has 0 spiro atoms. The van der Waals surface area contributed by atoms with Crippen LogP contribution in [0.25, 0.3) is 33.5 Å².